The van der Waals surface area contributed by atoms with Crippen LogP contribution < -0.4 is 10.6 Å². The zero-order valence-electron chi connectivity index (χ0n) is 10.5. The number of rotatable bonds is 4. The van der Waals surface area contributed by atoms with Gasteiger partial charge in [-0.2, -0.15) is 5.10 Å². The van der Waals surface area contributed by atoms with E-state index in [1.807, 2.05) is 24.3 Å². The molecule has 0 spiro atoms. The van der Waals surface area contributed by atoms with Gasteiger partial charge in [-0.15, -0.1) is 12.4 Å². The summed E-state index contributed by atoms with van der Waals surface area (Å²) in [6, 6.07) is 7.90. The van der Waals surface area contributed by atoms with Gasteiger partial charge in [0.25, 0.3) is 0 Å². The molecule has 1 aliphatic rings. The molecule has 2 N–H and O–H groups in total. The Morgan fingerprint density at radius 2 is 2.21 bits per heavy atom. The van der Waals surface area contributed by atoms with E-state index < -0.39 is 0 Å². The van der Waals surface area contributed by atoms with Gasteiger partial charge in [0.15, 0.2) is 0 Å². The fourth-order valence-corrected chi connectivity index (χ4v) is 2.09. The van der Waals surface area contributed by atoms with E-state index in [0.717, 1.165) is 30.5 Å². The maximum Gasteiger partial charge on any atom is 0.241 e. The molecule has 0 radical (unpaired) electrons. The first-order chi connectivity index (χ1) is 8.83. The van der Waals surface area contributed by atoms with Gasteiger partial charge in [-0.05, 0) is 6.07 Å². The molecule has 1 aromatic carbocycles. The predicted molar refractivity (Wildman–Crippen MR) is 76.4 cm³/mol. The molecule has 1 aromatic heterocycles. The van der Waals surface area contributed by atoms with Gasteiger partial charge < -0.3 is 10.6 Å². The Labute approximate surface area is 117 Å². The Balaban J connectivity index is 0.00000133. The maximum atomic E-state index is 11.8. The number of nitrogens with one attached hydrogen (secondary N) is 2. The second-order valence-electron chi connectivity index (χ2n) is 4.69. The van der Waals surface area contributed by atoms with Crippen molar-refractivity contribution in [1.29, 1.82) is 0 Å². The molecule has 1 aliphatic heterocycles. The zero-order chi connectivity index (χ0) is 12.4. The molecule has 0 atom stereocenters. The fraction of sp³-hybridized carbons (Fsp3) is 0.385. The van der Waals surface area contributed by atoms with Crippen LogP contribution >= 0.6 is 12.4 Å². The predicted octanol–water partition coefficient (Wildman–Crippen LogP) is 0.794. The molecule has 5 nitrogen and oxygen atoms in total. The van der Waals surface area contributed by atoms with Crippen LogP contribution in [0.3, 0.4) is 0 Å². The van der Waals surface area contributed by atoms with Gasteiger partial charge in [0.1, 0.15) is 6.54 Å². The summed E-state index contributed by atoms with van der Waals surface area (Å²) in [5.41, 5.74) is 0.998. The van der Waals surface area contributed by atoms with Crippen LogP contribution in [0.25, 0.3) is 10.9 Å². The van der Waals surface area contributed by atoms with E-state index in [9.17, 15) is 4.79 Å². The van der Waals surface area contributed by atoms with E-state index in [1.54, 1.807) is 10.9 Å². The van der Waals surface area contributed by atoms with Crippen molar-refractivity contribution in [3.8, 4) is 0 Å². The van der Waals surface area contributed by atoms with Crippen molar-refractivity contribution in [2.45, 2.75) is 6.54 Å². The minimum atomic E-state index is 0. The number of fused-ring (bicyclic) bond motifs is 1. The summed E-state index contributed by atoms with van der Waals surface area (Å²) >= 11 is 0. The van der Waals surface area contributed by atoms with Gasteiger partial charge in [0.05, 0.1) is 11.7 Å². The lowest BCUT2D eigenvalue weighted by Gasteiger charge is -2.27. The summed E-state index contributed by atoms with van der Waals surface area (Å²) in [7, 11) is 0. The second-order valence-corrected chi connectivity index (χ2v) is 4.69. The minimum Gasteiger partial charge on any atom is -0.354 e. The molecular formula is C13H17ClN4O. The van der Waals surface area contributed by atoms with E-state index in [4.69, 9.17) is 0 Å². The van der Waals surface area contributed by atoms with Crippen molar-refractivity contribution in [2.75, 3.05) is 19.6 Å². The SMILES string of the molecule is Cl.O=C(Cn1ncc2ccccc21)NCC1CNC1. The second kappa shape index (κ2) is 6.04. The van der Waals surface area contributed by atoms with E-state index in [2.05, 4.69) is 15.7 Å². The van der Waals surface area contributed by atoms with Gasteiger partial charge in [-0.3, -0.25) is 9.48 Å². The normalized spacial score (nSPS) is 14.7. The number of carbonyl (C=O) groups excluding carboxylic acids is 1. The Bertz CT molecular complexity index is 565. The van der Waals surface area contributed by atoms with E-state index in [1.165, 1.54) is 0 Å². The van der Waals surface area contributed by atoms with Gasteiger partial charge in [-0.1, -0.05) is 18.2 Å². The number of halogens is 1. The van der Waals surface area contributed by atoms with Crippen LogP contribution in [-0.2, 0) is 11.3 Å². The van der Waals surface area contributed by atoms with E-state index in [-0.39, 0.29) is 24.9 Å². The molecule has 19 heavy (non-hydrogen) atoms. The summed E-state index contributed by atoms with van der Waals surface area (Å²) in [5.74, 6) is 0.610. The first-order valence-electron chi connectivity index (χ1n) is 6.21. The number of amides is 1. The molecule has 3 rings (SSSR count). The molecule has 6 heteroatoms. The molecule has 0 bridgehead atoms. The van der Waals surface area contributed by atoms with Crippen molar-refractivity contribution >= 4 is 29.2 Å². The van der Waals surface area contributed by atoms with Crippen molar-refractivity contribution < 1.29 is 4.79 Å². The van der Waals surface area contributed by atoms with Crippen molar-refractivity contribution in [2.24, 2.45) is 5.92 Å². The van der Waals surface area contributed by atoms with Crippen LogP contribution in [0.15, 0.2) is 30.5 Å². The van der Waals surface area contributed by atoms with Gasteiger partial charge >= 0.3 is 0 Å². The van der Waals surface area contributed by atoms with Gasteiger partial charge in [0.2, 0.25) is 5.91 Å². The average molecular weight is 281 g/mol. The minimum absolute atomic E-state index is 0. The molecule has 1 fully saturated rings. The third-order valence-electron chi connectivity index (χ3n) is 3.30. The van der Waals surface area contributed by atoms with Gasteiger partial charge in [0, 0.05) is 30.9 Å². The summed E-state index contributed by atoms with van der Waals surface area (Å²) in [5, 5.41) is 11.4. The lowest BCUT2D eigenvalue weighted by molar-refractivity contribution is -0.122. The first kappa shape index (κ1) is 13.8. The van der Waals surface area contributed by atoms with Crippen LogP contribution in [0.1, 0.15) is 0 Å². The highest BCUT2D eigenvalue weighted by Crippen LogP contribution is 2.12. The molecule has 102 valence electrons. The van der Waals surface area contributed by atoms with Crippen molar-refractivity contribution in [3.63, 3.8) is 0 Å². The van der Waals surface area contributed by atoms with Crippen LogP contribution in [0.5, 0.6) is 0 Å². The summed E-state index contributed by atoms with van der Waals surface area (Å²) in [6.45, 7) is 3.05. The molecule has 2 heterocycles. The van der Waals surface area contributed by atoms with Crippen LogP contribution in [0, 0.1) is 5.92 Å². The standard InChI is InChI=1S/C13H16N4O.ClH/c18-13(15-7-10-5-14-6-10)9-17-12-4-2-1-3-11(12)8-16-17;/h1-4,8,10,14H,5-7,9H2,(H,15,18);1H. The van der Waals surface area contributed by atoms with Crippen LogP contribution in [0.4, 0.5) is 0 Å². The lowest BCUT2D eigenvalue weighted by Crippen LogP contribution is -2.48. The van der Waals surface area contributed by atoms with Crippen molar-refractivity contribution in [3.05, 3.63) is 30.5 Å². The van der Waals surface area contributed by atoms with Crippen molar-refractivity contribution in [1.82, 2.24) is 20.4 Å². The average Bonchev–Trinajstić information content (AvgIpc) is 2.71. The number of hydrogen-bond acceptors (Lipinski definition) is 3. The molecule has 1 amide bonds. The number of aromatic nitrogens is 2. The Morgan fingerprint density at radius 3 is 2.95 bits per heavy atom. The number of hydrogen-bond donors (Lipinski definition) is 2. The Hall–Kier alpha value is -1.59. The van der Waals surface area contributed by atoms with E-state index in [0.29, 0.717) is 5.92 Å². The van der Waals surface area contributed by atoms with Crippen LogP contribution in [-0.4, -0.2) is 35.3 Å². The zero-order valence-corrected chi connectivity index (χ0v) is 11.3. The smallest absolute Gasteiger partial charge is 0.241 e. The van der Waals surface area contributed by atoms with Crippen LogP contribution in [0.2, 0.25) is 0 Å². The lowest BCUT2D eigenvalue weighted by atomic mass is 10.0. The number of benzene rings is 1. The monoisotopic (exact) mass is 280 g/mol. The Morgan fingerprint density at radius 1 is 1.42 bits per heavy atom. The topological polar surface area (TPSA) is 59.0 Å². The Kier molecular flexibility index (Phi) is 4.39. The highest BCUT2D eigenvalue weighted by Gasteiger charge is 2.17. The quantitative estimate of drug-likeness (QED) is 0.871. The van der Waals surface area contributed by atoms with E-state index >= 15 is 0 Å². The summed E-state index contributed by atoms with van der Waals surface area (Å²) in [4.78, 5) is 11.8. The number of para-hydroxylation sites is 1. The largest absolute Gasteiger partial charge is 0.354 e. The highest BCUT2D eigenvalue weighted by atomic mass is 35.5. The molecular weight excluding hydrogens is 264 g/mol. The molecule has 0 saturated carbocycles. The van der Waals surface area contributed by atoms with Gasteiger partial charge in [-0.25, -0.2) is 0 Å². The highest BCUT2D eigenvalue weighted by molar-refractivity contribution is 5.85. The first-order valence-corrected chi connectivity index (χ1v) is 6.21. The maximum absolute atomic E-state index is 11.8. The molecule has 2 aromatic rings. The fourth-order valence-electron chi connectivity index (χ4n) is 2.09. The molecule has 0 unspecified atom stereocenters. The third-order valence-corrected chi connectivity index (χ3v) is 3.30. The number of nitrogens with zero attached hydrogens (tertiary/aromatic N) is 2. The number of carbonyl (C=O) groups is 1. The summed E-state index contributed by atoms with van der Waals surface area (Å²) < 4.78 is 1.74. The molecule has 1 saturated heterocycles. The molecule has 0 aliphatic carbocycles. The third kappa shape index (κ3) is 3.05. The summed E-state index contributed by atoms with van der Waals surface area (Å²) in [6.07, 6.45) is 1.79.